The lowest BCUT2D eigenvalue weighted by Crippen LogP contribution is -2.32. The van der Waals surface area contributed by atoms with Gasteiger partial charge in [-0.2, -0.15) is 0 Å². The van der Waals surface area contributed by atoms with Gasteiger partial charge < -0.3 is 13.9 Å². The van der Waals surface area contributed by atoms with Crippen LogP contribution in [0.4, 0.5) is 17.1 Å². The number of hydrogen-bond donors (Lipinski definition) is 0. The highest BCUT2D eigenvalue weighted by atomic mass is 16.3. The van der Waals surface area contributed by atoms with Gasteiger partial charge in [0, 0.05) is 32.9 Å². The first kappa shape index (κ1) is 29.1. The molecule has 2 aliphatic rings. The SMILES string of the molecule is [2H]c1c([2H])c2c3c(c([2H])c([2H])c(N(c4ccc5c6ccccc6n(-c6ccccc6)c5c4)c4cccc5oc6ccccc6c45)c3c1[2H])C1(c3ccccc3-c3ccccc31)c1ccccc1-2. The Morgan fingerprint density at radius 1 is 0.419 bits per heavy atom. The van der Waals surface area contributed by atoms with E-state index >= 15 is 0 Å². The van der Waals surface area contributed by atoms with Crippen molar-refractivity contribution in [2.45, 2.75) is 5.41 Å². The average Bonchev–Trinajstić information content (AvgIpc) is 4.02. The number of anilines is 3. The van der Waals surface area contributed by atoms with Crippen molar-refractivity contribution in [3.8, 4) is 27.9 Å². The molecule has 0 fully saturated rings. The molecule has 3 heteroatoms. The molecule has 288 valence electrons. The van der Waals surface area contributed by atoms with E-state index in [2.05, 4.69) is 89.5 Å². The second-order valence-electron chi connectivity index (χ2n) is 16.3. The third-order valence-corrected chi connectivity index (χ3v) is 13.4. The van der Waals surface area contributed by atoms with Crippen LogP contribution in [0.25, 0.3) is 82.5 Å². The van der Waals surface area contributed by atoms with E-state index in [4.69, 9.17) is 4.42 Å². The minimum absolute atomic E-state index is 0.00464. The lowest BCUT2D eigenvalue weighted by molar-refractivity contribution is 0.669. The second-order valence-corrected chi connectivity index (χ2v) is 16.3. The molecule has 14 rings (SSSR count). The van der Waals surface area contributed by atoms with Crippen molar-refractivity contribution in [3.05, 3.63) is 241 Å². The van der Waals surface area contributed by atoms with Crippen LogP contribution in [0.3, 0.4) is 0 Å². The highest BCUT2D eigenvalue weighted by molar-refractivity contribution is 6.18. The predicted octanol–water partition coefficient (Wildman–Crippen LogP) is 15.6. The van der Waals surface area contributed by atoms with Crippen molar-refractivity contribution in [1.29, 1.82) is 0 Å². The van der Waals surface area contributed by atoms with Crippen LogP contribution in [0.1, 0.15) is 29.1 Å². The van der Waals surface area contributed by atoms with Gasteiger partial charge in [-0.1, -0.05) is 164 Å². The molecule has 62 heavy (non-hydrogen) atoms. The molecule has 2 aliphatic carbocycles. The molecule has 12 aromatic rings. The first-order chi connectivity index (χ1) is 32.9. The Labute approximate surface area is 365 Å². The molecule has 0 saturated heterocycles. The molecule has 3 nitrogen and oxygen atoms in total. The summed E-state index contributed by atoms with van der Waals surface area (Å²) in [6.07, 6.45) is 0. The monoisotopic (exact) mass is 793 g/mol. The van der Waals surface area contributed by atoms with Crippen molar-refractivity contribution < 1.29 is 11.3 Å². The van der Waals surface area contributed by atoms with E-state index < -0.39 is 5.41 Å². The number of benzene rings is 10. The Morgan fingerprint density at radius 3 is 1.82 bits per heavy atom. The maximum atomic E-state index is 10.6. The molecular formula is C59H36N2O. The minimum Gasteiger partial charge on any atom is -0.456 e. The lowest BCUT2D eigenvalue weighted by atomic mass is 9.61. The van der Waals surface area contributed by atoms with E-state index in [1.807, 2.05) is 108 Å². The molecule has 0 amide bonds. The first-order valence-electron chi connectivity index (χ1n) is 23.5. The van der Waals surface area contributed by atoms with Crippen molar-refractivity contribution in [2.75, 3.05) is 4.90 Å². The zero-order chi connectivity index (χ0) is 44.9. The van der Waals surface area contributed by atoms with Crippen molar-refractivity contribution in [2.24, 2.45) is 0 Å². The summed E-state index contributed by atoms with van der Waals surface area (Å²) in [5.41, 5.74) is 11.7. The number of furan rings is 1. The van der Waals surface area contributed by atoms with Crippen molar-refractivity contribution in [1.82, 2.24) is 4.57 Å². The van der Waals surface area contributed by atoms with Crippen LogP contribution in [-0.4, -0.2) is 4.57 Å². The van der Waals surface area contributed by atoms with Crippen molar-refractivity contribution in [3.63, 3.8) is 0 Å². The summed E-state index contributed by atoms with van der Waals surface area (Å²) in [4.78, 5) is 2.02. The molecule has 1 spiro atoms. The van der Waals surface area contributed by atoms with Gasteiger partial charge in [-0.05, 0) is 104 Å². The summed E-state index contributed by atoms with van der Waals surface area (Å²) >= 11 is 0. The van der Waals surface area contributed by atoms with Gasteiger partial charge in [0.15, 0.2) is 0 Å². The Hall–Kier alpha value is -8.14. The quantitative estimate of drug-likeness (QED) is 0.177. The van der Waals surface area contributed by atoms with Gasteiger partial charge in [0.05, 0.1) is 40.1 Å². The van der Waals surface area contributed by atoms with Gasteiger partial charge in [-0.25, -0.2) is 0 Å². The largest absolute Gasteiger partial charge is 0.456 e. The minimum atomic E-state index is -1.07. The molecule has 0 saturated carbocycles. The molecule has 0 unspecified atom stereocenters. The number of para-hydroxylation sites is 3. The van der Waals surface area contributed by atoms with Gasteiger partial charge in [-0.15, -0.1) is 0 Å². The van der Waals surface area contributed by atoms with Gasteiger partial charge >= 0.3 is 0 Å². The van der Waals surface area contributed by atoms with Crippen LogP contribution >= 0.6 is 0 Å². The smallest absolute Gasteiger partial charge is 0.137 e. The summed E-state index contributed by atoms with van der Waals surface area (Å²) in [7, 11) is 0. The second kappa shape index (κ2) is 12.4. The van der Waals surface area contributed by atoms with E-state index in [0.29, 0.717) is 44.4 Å². The topological polar surface area (TPSA) is 21.3 Å². The molecule has 0 radical (unpaired) electrons. The van der Waals surface area contributed by atoms with Gasteiger partial charge in [0.25, 0.3) is 0 Å². The van der Waals surface area contributed by atoms with E-state index in [9.17, 15) is 6.85 Å². The third-order valence-electron chi connectivity index (χ3n) is 13.4. The fraction of sp³-hybridized carbons (Fsp3) is 0.0169. The van der Waals surface area contributed by atoms with E-state index in [-0.39, 0.29) is 35.9 Å². The summed E-state index contributed by atoms with van der Waals surface area (Å²) in [5.74, 6) is 0. The van der Waals surface area contributed by atoms with Crippen LogP contribution in [0.2, 0.25) is 0 Å². The van der Waals surface area contributed by atoms with E-state index in [0.717, 1.165) is 71.6 Å². The maximum Gasteiger partial charge on any atom is 0.137 e. The molecule has 2 aromatic heterocycles. The van der Waals surface area contributed by atoms with E-state index in [1.54, 1.807) is 0 Å². The molecule has 10 aromatic carbocycles. The molecule has 0 bridgehead atoms. The Morgan fingerprint density at radius 2 is 1.05 bits per heavy atom. The van der Waals surface area contributed by atoms with Crippen LogP contribution in [-0.2, 0) is 5.41 Å². The normalized spacial score (nSPS) is 14.4. The number of hydrogen-bond acceptors (Lipinski definition) is 2. The summed E-state index contributed by atoms with van der Waals surface area (Å²) in [6, 6.07) is 62.9. The Kier molecular flexibility index (Phi) is 5.85. The summed E-state index contributed by atoms with van der Waals surface area (Å²) in [5, 5.41) is 4.72. The predicted molar refractivity (Wildman–Crippen MR) is 257 cm³/mol. The number of fused-ring (bicyclic) bond motifs is 15. The van der Waals surface area contributed by atoms with Gasteiger partial charge in [-0.3, -0.25) is 0 Å². The Balaban J connectivity index is 1.19. The average molecular weight is 794 g/mol. The molecule has 0 N–H and O–H groups in total. The molecule has 0 atom stereocenters. The molecular weight excluding hydrogens is 753 g/mol. The van der Waals surface area contributed by atoms with E-state index in [1.165, 1.54) is 0 Å². The van der Waals surface area contributed by atoms with Crippen LogP contribution < -0.4 is 4.90 Å². The van der Waals surface area contributed by atoms with Crippen LogP contribution in [0.5, 0.6) is 0 Å². The molecule has 0 aliphatic heterocycles. The Bertz CT molecular complexity index is 4090. The highest BCUT2D eigenvalue weighted by Gasteiger charge is 2.50. The highest BCUT2D eigenvalue weighted by Crippen LogP contribution is 2.62. The first-order valence-corrected chi connectivity index (χ1v) is 21.0. The number of nitrogens with zero attached hydrogens (tertiary/aromatic N) is 2. The van der Waals surface area contributed by atoms with Crippen molar-refractivity contribution >= 4 is 71.6 Å². The maximum absolute atomic E-state index is 10.6. The van der Waals surface area contributed by atoms with Gasteiger partial charge in [0.1, 0.15) is 11.2 Å². The fourth-order valence-electron chi connectivity index (χ4n) is 11.0. The third kappa shape index (κ3) is 4.29. The van der Waals surface area contributed by atoms with Crippen LogP contribution in [0.15, 0.2) is 223 Å². The van der Waals surface area contributed by atoms with Crippen LogP contribution in [0, 0.1) is 0 Å². The fourth-order valence-corrected chi connectivity index (χ4v) is 11.0. The van der Waals surface area contributed by atoms with Gasteiger partial charge in [0.2, 0.25) is 0 Å². The zero-order valence-electron chi connectivity index (χ0n) is 38.2. The lowest BCUT2D eigenvalue weighted by Gasteiger charge is -2.40. The summed E-state index contributed by atoms with van der Waals surface area (Å²) in [6.45, 7) is 0. The summed E-state index contributed by atoms with van der Waals surface area (Å²) < 4.78 is 59.4. The number of rotatable bonds is 4. The zero-order valence-corrected chi connectivity index (χ0v) is 33.2. The molecule has 2 heterocycles. The standard InChI is InChI=1S/C59H36N2O/c1-2-16-37(17-3-1)60-51-28-12-7-21-42(51)43-33-32-38(36-54(43)60)61(53-29-15-31-56-58(53)46-22-8-13-30-55(46)62-56)52-35-34-50-57-44(23-14-24-45(52)57)41-20-6-11-27-49(41)59(50)47-25-9-4-18-39(47)40-19-5-10-26-48(40)59/h1-36H/i14D,23D,24D,34D,35D. The number of aromatic nitrogens is 1.